The maximum Gasteiger partial charge on any atom is 0.250 e. The summed E-state index contributed by atoms with van der Waals surface area (Å²) < 4.78 is 5.81. The molecule has 2 saturated carbocycles. The Morgan fingerprint density at radius 1 is 1.18 bits per heavy atom. The van der Waals surface area contributed by atoms with Crippen molar-refractivity contribution in [1.82, 2.24) is 5.32 Å². The number of aliphatic hydroxyl groups is 5. The standard InChI is InChI=1S/C30H44N2O8/c1-3-8-32-13-14-4-7-22(40-2)18(9-14)17-5-6-20(33)24-19(17)11-15-10-16-12-21(34)25(29(31)38)28(37)30(16,39)27(36)23(15)26(24)35/h5-7,14-20,23-24,27-28,32-34,36-37,39H,3-4,8-13H2,1-2H3,(H2,31,38)/t14?,15-,16+,17?,18?,19?,20?,23?,24?,27?,28?,30+/m1/s1. The van der Waals surface area contributed by atoms with Crippen molar-refractivity contribution < 1.29 is 39.9 Å². The van der Waals surface area contributed by atoms with E-state index in [9.17, 15) is 35.1 Å². The third-order valence-corrected chi connectivity index (χ3v) is 10.5. The second-order valence-electron chi connectivity index (χ2n) is 12.6. The summed E-state index contributed by atoms with van der Waals surface area (Å²) in [6.45, 7) is 3.99. The molecule has 0 radical (unpaired) electrons. The summed E-state index contributed by atoms with van der Waals surface area (Å²) >= 11 is 0. The lowest BCUT2D eigenvalue weighted by atomic mass is 9.49. The summed E-state index contributed by atoms with van der Waals surface area (Å²) in [5, 5.41) is 59.0. The Morgan fingerprint density at radius 2 is 1.93 bits per heavy atom. The number of aliphatic hydroxyl groups excluding tert-OH is 4. The van der Waals surface area contributed by atoms with Crippen molar-refractivity contribution in [3.63, 3.8) is 0 Å². The van der Waals surface area contributed by atoms with E-state index < -0.39 is 58.9 Å². The van der Waals surface area contributed by atoms with Gasteiger partial charge in [0.15, 0.2) is 0 Å². The number of hydrogen-bond donors (Lipinski definition) is 7. The van der Waals surface area contributed by atoms with E-state index in [1.165, 1.54) is 0 Å². The average Bonchev–Trinajstić information content (AvgIpc) is 2.91. The maximum absolute atomic E-state index is 14.1. The summed E-state index contributed by atoms with van der Waals surface area (Å²) in [5.74, 6) is -3.61. The van der Waals surface area contributed by atoms with Gasteiger partial charge in [0.1, 0.15) is 23.2 Å². The molecule has 9 unspecified atom stereocenters. The Kier molecular flexibility index (Phi) is 8.20. The highest BCUT2D eigenvalue weighted by Gasteiger charge is 2.65. The first-order valence-corrected chi connectivity index (χ1v) is 14.7. The zero-order chi connectivity index (χ0) is 28.9. The van der Waals surface area contributed by atoms with Crippen LogP contribution >= 0.6 is 0 Å². The number of carbonyl (C=O) groups excluding carboxylic acids is 2. The number of amides is 1. The number of nitrogens with two attached hydrogens (primary N) is 1. The average molecular weight is 561 g/mol. The summed E-state index contributed by atoms with van der Waals surface area (Å²) in [7, 11) is 1.67. The lowest BCUT2D eigenvalue weighted by Gasteiger charge is -2.58. The van der Waals surface area contributed by atoms with E-state index in [2.05, 4.69) is 18.3 Å². The molecule has 0 spiro atoms. The number of ketones is 1. The summed E-state index contributed by atoms with van der Waals surface area (Å²) in [6, 6.07) is 0. The summed E-state index contributed by atoms with van der Waals surface area (Å²) in [5.41, 5.74) is 2.61. The quantitative estimate of drug-likeness (QED) is 0.174. The highest BCUT2D eigenvalue weighted by Crippen LogP contribution is 2.57. The number of methoxy groups -OCH3 is 1. The van der Waals surface area contributed by atoms with Gasteiger partial charge >= 0.3 is 0 Å². The van der Waals surface area contributed by atoms with Crippen LogP contribution in [0.2, 0.25) is 0 Å². The first-order chi connectivity index (χ1) is 19.0. The minimum atomic E-state index is -2.22. The molecule has 222 valence electrons. The fraction of sp³-hybridized carbons (Fsp3) is 0.733. The molecule has 0 aromatic heterocycles. The topological polar surface area (TPSA) is 183 Å². The van der Waals surface area contributed by atoms with Gasteiger partial charge in [0, 0.05) is 24.2 Å². The Labute approximate surface area is 235 Å². The van der Waals surface area contributed by atoms with Gasteiger partial charge in [-0.25, -0.2) is 0 Å². The summed E-state index contributed by atoms with van der Waals surface area (Å²) in [6.07, 6.45) is 4.72. The fourth-order valence-electron chi connectivity index (χ4n) is 8.68. The second-order valence-corrected chi connectivity index (χ2v) is 12.6. The number of carbonyl (C=O) groups is 2. The molecule has 8 N–H and O–H groups in total. The molecule has 2 fully saturated rings. The van der Waals surface area contributed by atoms with Crippen molar-refractivity contribution in [3.8, 4) is 0 Å². The van der Waals surface area contributed by atoms with E-state index in [0.29, 0.717) is 12.3 Å². The van der Waals surface area contributed by atoms with E-state index in [4.69, 9.17) is 10.5 Å². The van der Waals surface area contributed by atoms with Crippen LogP contribution in [0.1, 0.15) is 45.4 Å². The molecule has 0 heterocycles. The molecule has 5 rings (SSSR count). The molecule has 5 aliphatic carbocycles. The third-order valence-electron chi connectivity index (χ3n) is 10.5. The van der Waals surface area contributed by atoms with Gasteiger partial charge in [-0.05, 0) is 74.9 Å². The van der Waals surface area contributed by atoms with Gasteiger partial charge < -0.3 is 41.3 Å². The highest BCUT2D eigenvalue weighted by molar-refractivity contribution is 5.94. The predicted octanol–water partition coefficient (Wildman–Crippen LogP) is 0.701. The monoisotopic (exact) mass is 560 g/mol. The zero-order valence-corrected chi connectivity index (χ0v) is 23.3. The van der Waals surface area contributed by atoms with Gasteiger partial charge in [-0.1, -0.05) is 19.1 Å². The van der Waals surface area contributed by atoms with E-state index in [0.717, 1.165) is 38.1 Å². The molecule has 5 aliphatic rings. The molecule has 12 atom stereocenters. The fourth-order valence-corrected chi connectivity index (χ4v) is 8.68. The molecule has 0 aromatic rings. The van der Waals surface area contributed by atoms with Crippen LogP contribution in [0.25, 0.3) is 0 Å². The maximum atomic E-state index is 14.1. The van der Waals surface area contributed by atoms with Gasteiger partial charge in [-0.3, -0.25) is 9.59 Å². The Bertz CT molecular complexity index is 1100. The van der Waals surface area contributed by atoms with Gasteiger partial charge in [0.25, 0.3) is 5.91 Å². The molecule has 0 bridgehead atoms. The van der Waals surface area contributed by atoms with Crippen molar-refractivity contribution in [2.75, 3.05) is 20.2 Å². The smallest absolute Gasteiger partial charge is 0.250 e. The summed E-state index contributed by atoms with van der Waals surface area (Å²) in [4.78, 5) is 26.0. The number of hydrogen-bond acceptors (Lipinski definition) is 9. The molecule has 10 heteroatoms. The van der Waals surface area contributed by atoms with Gasteiger partial charge in [-0.15, -0.1) is 0 Å². The van der Waals surface area contributed by atoms with E-state index in [-0.39, 0.29) is 42.3 Å². The molecule has 10 nitrogen and oxygen atoms in total. The van der Waals surface area contributed by atoms with Crippen LogP contribution in [0.4, 0.5) is 0 Å². The lowest BCUT2D eigenvalue weighted by molar-refractivity contribution is -0.228. The zero-order valence-electron chi connectivity index (χ0n) is 23.3. The van der Waals surface area contributed by atoms with E-state index >= 15 is 0 Å². The number of allylic oxidation sites excluding steroid dienone is 4. The van der Waals surface area contributed by atoms with Gasteiger partial charge in [-0.2, -0.15) is 0 Å². The number of rotatable bonds is 7. The number of primary amides is 1. The van der Waals surface area contributed by atoms with Crippen LogP contribution in [0.5, 0.6) is 0 Å². The van der Waals surface area contributed by atoms with Gasteiger partial charge in [0.2, 0.25) is 0 Å². The predicted molar refractivity (Wildman–Crippen MR) is 145 cm³/mol. The number of Topliss-reactive ketones (excluding diaryl/α,β-unsaturated/α-hetero) is 1. The third kappa shape index (κ3) is 4.61. The first-order valence-electron chi connectivity index (χ1n) is 14.7. The molecule has 0 aromatic carbocycles. The molecule has 40 heavy (non-hydrogen) atoms. The molecule has 0 saturated heterocycles. The normalized spacial score (nSPS) is 44.8. The van der Waals surface area contributed by atoms with Crippen LogP contribution < -0.4 is 11.1 Å². The Hall–Kier alpha value is -2.24. The second kappa shape index (κ2) is 11.2. The molecule has 1 amide bonds. The van der Waals surface area contributed by atoms with Crippen LogP contribution in [0, 0.1) is 47.3 Å². The van der Waals surface area contributed by atoms with Gasteiger partial charge in [0.05, 0.1) is 36.6 Å². The van der Waals surface area contributed by atoms with Crippen molar-refractivity contribution >= 4 is 11.7 Å². The first kappa shape index (κ1) is 29.3. The largest absolute Gasteiger partial charge is 0.512 e. The van der Waals surface area contributed by atoms with Crippen molar-refractivity contribution in [3.05, 3.63) is 35.3 Å². The van der Waals surface area contributed by atoms with Crippen molar-refractivity contribution in [2.24, 2.45) is 53.1 Å². The van der Waals surface area contributed by atoms with E-state index in [1.54, 1.807) is 13.2 Å². The minimum absolute atomic E-state index is 0.0415. The van der Waals surface area contributed by atoms with E-state index in [1.807, 2.05) is 6.08 Å². The van der Waals surface area contributed by atoms with Crippen LogP contribution in [-0.2, 0) is 14.3 Å². The molecular formula is C30H44N2O8. The Morgan fingerprint density at radius 3 is 2.60 bits per heavy atom. The molecule has 0 aliphatic heterocycles. The molecular weight excluding hydrogens is 516 g/mol. The number of fused-ring (bicyclic) bond motifs is 3. The SMILES string of the molecule is CCCNCC1CC=C(OC)C(C2C=CC(O)C3C(=O)C4C(O)[C@]5(O)C(O)C(C(N)=O)=C(O)C[C@@H]5C[C@@H]4CC23)C1. The number of ether oxygens (including phenoxy) is 1. The minimum Gasteiger partial charge on any atom is -0.512 e. The number of nitrogens with one attached hydrogen (secondary N) is 1. The Balaban J connectivity index is 1.44. The lowest BCUT2D eigenvalue weighted by Crippen LogP contribution is -2.70. The van der Waals surface area contributed by atoms with Crippen molar-refractivity contribution in [2.45, 2.75) is 69.4 Å². The van der Waals surface area contributed by atoms with Crippen molar-refractivity contribution in [1.29, 1.82) is 0 Å². The highest BCUT2D eigenvalue weighted by atomic mass is 16.5. The van der Waals surface area contributed by atoms with Crippen LogP contribution in [0.15, 0.2) is 35.3 Å². The van der Waals surface area contributed by atoms with Crippen LogP contribution in [-0.4, -0.2) is 81.3 Å². The van der Waals surface area contributed by atoms with Crippen LogP contribution in [0.3, 0.4) is 0 Å².